The number of alkyl halides is 3. The van der Waals surface area contributed by atoms with Crippen LogP contribution in [-0.4, -0.2) is 16.5 Å². The normalized spacial score (nSPS) is 14.5. The number of aromatic nitrogens is 1. The van der Waals surface area contributed by atoms with Crippen molar-refractivity contribution < 1.29 is 18.0 Å². The average Bonchev–Trinajstić information content (AvgIpc) is 3.34. The predicted molar refractivity (Wildman–Crippen MR) is 94.3 cm³/mol. The van der Waals surface area contributed by atoms with Crippen LogP contribution >= 0.6 is 0 Å². The van der Waals surface area contributed by atoms with E-state index < -0.39 is 11.7 Å². The van der Waals surface area contributed by atoms with Crippen molar-refractivity contribution in [1.82, 2.24) is 9.88 Å². The monoisotopic (exact) mass is 364 g/mol. The van der Waals surface area contributed by atoms with E-state index in [1.54, 1.807) is 6.07 Å². The summed E-state index contributed by atoms with van der Waals surface area (Å²) < 4.78 is 40.8. The maximum absolute atomic E-state index is 13.0. The van der Waals surface area contributed by atoms with Gasteiger partial charge in [-0.2, -0.15) is 13.2 Å². The molecule has 0 unspecified atom stereocenters. The van der Waals surface area contributed by atoms with Crippen molar-refractivity contribution in [3.63, 3.8) is 0 Å². The quantitative estimate of drug-likeness (QED) is 0.825. The van der Waals surface area contributed by atoms with Crippen LogP contribution < -0.4 is 5.32 Å². The van der Waals surface area contributed by atoms with Gasteiger partial charge in [0.15, 0.2) is 0 Å². The summed E-state index contributed by atoms with van der Waals surface area (Å²) in [5.41, 5.74) is 3.34. The Morgan fingerprint density at radius 1 is 1.27 bits per heavy atom. The van der Waals surface area contributed by atoms with Gasteiger partial charge in [-0.1, -0.05) is 19.1 Å². The fourth-order valence-electron chi connectivity index (χ4n) is 3.47. The smallest absolute Gasteiger partial charge is 0.348 e. The van der Waals surface area contributed by atoms with E-state index in [-0.39, 0.29) is 18.5 Å². The summed E-state index contributed by atoms with van der Waals surface area (Å²) in [5, 5.41) is 3.00. The summed E-state index contributed by atoms with van der Waals surface area (Å²) in [6, 6.07) is 5.52. The average molecular weight is 364 g/mol. The topological polar surface area (TPSA) is 34.0 Å². The summed E-state index contributed by atoms with van der Waals surface area (Å²) in [5.74, 6) is -0.139. The lowest BCUT2D eigenvalue weighted by Gasteiger charge is -2.14. The molecule has 0 spiro atoms. The molecule has 1 heterocycles. The van der Waals surface area contributed by atoms with Gasteiger partial charge in [-0.05, 0) is 61.9 Å². The lowest BCUT2D eigenvalue weighted by atomic mass is 10.1. The van der Waals surface area contributed by atoms with E-state index >= 15 is 0 Å². The van der Waals surface area contributed by atoms with Crippen molar-refractivity contribution in [3.05, 3.63) is 57.9 Å². The minimum atomic E-state index is -4.38. The van der Waals surface area contributed by atoms with Crippen molar-refractivity contribution in [2.75, 3.05) is 0 Å². The van der Waals surface area contributed by atoms with Crippen LogP contribution in [0.3, 0.4) is 0 Å². The van der Waals surface area contributed by atoms with E-state index in [1.807, 2.05) is 25.3 Å². The van der Waals surface area contributed by atoms with E-state index in [2.05, 4.69) is 5.32 Å². The number of hydrogen-bond acceptors (Lipinski definition) is 1. The van der Waals surface area contributed by atoms with Crippen LogP contribution in [0, 0.1) is 13.8 Å². The summed E-state index contributed by atoms with van der Waals surface area (Å²) in [7, 11) is 0. The second kappa shape index (κ2) is 6.82. The molecule has 6 heteroatoms. The van der Waals surface area contributed by atoms with Gasteiger partial charge in [0.25, 0.3) is 5.91 Å². The first-order valence-electron chi connectivity index (χ1n) is 8.88. The van der Waals surface area contributed by atoms with Crippen LogP contribution in [0.2, 0.25) is 0 Å². The van der Waals surface area contributed by atoms with Crippen molar-refractivity contribution in [1.29, 1.82) is 0 Å². The van der Waals surface area contributed by atoms with E-state index in [4.69, 9.17) is 0 Å². The molecule has 1 aromatic carbocycles. The van der Waals surface area contributed by atoms with Crippen LogP contribution in [0.1, 0.15) is 58.2 Å². The third-order valence-electron chi connectivity index (χ3n) is 5.00. The summed E-state index contributed by atoms with van der Waals surface area (Å²) in [6.07, 6.45) is -1.63. The maximum atomic E-state index is 13.0. The number of halogens is 3. The Hall–Kier alpha value is -2.24. The highest BCUT2D eigenvalue weighted by atomic mass is 19.4. The minimum Gasteiger partial charge on any atom is -0.348 e. The Bertz CT molecular complexity index is 832. The van der Waals surface area contributed by atoms with Gasteiger partial charge in [0, 0.05) is 18.3 Å². The zero-order valence-corrected chi connectivity index (χ0v) is 15.2. The van der Waals surface area contributed by atoms with Gasteiger partial charge in [0.05, 0.1) is 5.56 Å². The fraction of sp³-hybridized carbons (Fsp3) is 0.450. The zero-order chi connectivity index (χ0) is 19.1. The van der Waals surface area contributed by atoms with Crippen molar-refractivity contribution in [2.45, 2.75) is 58.8 Å². The first kappa shape index (κ1) is 18.5. The standard InChI is InChI=1S/C20H23F3N2O/c1-4-17-12(2)18(19(26)24-16-8-9-16)25(13(17)3)11-14-6-5-7-15(10-14)20(21,22)23/h5-7,10,16H,4,8-9,11H2,1-3H3,(H,24,26). The number of carbonyl (C=O) groups excluding carboxylic acids is 1. The summed E-state index contributed by atoms with van der Waals surface area (Å²) in [6.45, 7) is 6.10. The van der Waals surface area contributed by atoms with Crippen LogP contribution in [-0.2, 0) is 19.1 Å². The fourth-order valence-corrected chi connectivity index (χ4v) is 3.47. The van der Waals surface area contributed by atoms with Gasteiger partial charge in [-0.3, -0.25) is 4.79 Å². The number of benzene rings is 1. The second-order valence-electron chi connectivity index (χ2n) is 6.92. The van der Waals surface area contributed by atoms with Crippen molar-refractivity contribution in [3.8, 4) is 0 Å². The molecule has 1 aromatic heterocycles. The number of rotatable bonds is 5. The highest BCUT2D eigenvalue weighted by Crippen LogP contribution is 2.31. The third kappa shape index (κ3) is 3.64. The van der Waals surface area contributed by atoms with E-state index in [0.717, 1.165) is 48.2 Å². The van der Waals surface area contributed by atoms with Crippen LogP contribution in [0.5, 0.6) is 0 Å². The summed E-state index contributed by atoms with van der Waals surface area (Å²) in [4.78, 5) is 12.7. The van der Waals surface area contributed by atoms with Gasteiger partial charge in [-0.25, -0.2) is 0 Å². The lowest BCUT2D eigenvalue weighted by molar-refractivity contribution is -0.137. The third-order valence-corrected chi connectivity index (χ3v) is 5.00. The molecule has 3 nitrogen and oxygen atoms in total. The molecule has 0 saturated heterocycles. The van der Waals surface area contributed by atoms with Crippen LogP contribution in [0.25, 0.3) is 0 Å². The second-order valence-corrected chi connectivity index (χ2v) is 6.92. The Kier molecular flexibility index (Phi) is 4.86. The maximum Gasteiger partial charge on any atom is 0.416 e. The summed E-state index contributed by atoms with van der Waals surface area (Å²) >= 11 is 0. The number of amides is 1. The molecule has 1 aliphatic carbocycles. The van der Waals surface area contributed by atoms with Gasteiger partial charge in [-0.15, -0.1) is 0 Å². The van der Waals surface area contributed by atoms with Gasteiger partial charge in [0.1, 0.15) is 5.69 Å². The molecular formula is C20H23F3N2O. The molecule has 1 N–H and O–H groups in total. The SMILES string of the molecule is CCc1c(C)c(C(=O)NC2CC2)n(Cc2cccc(C(F)(F)F)c2)c1C. The van der Waals surface area contributed by atoms with E-state index in [0.29, 0.717) is 11.3 Å². The first-order chi connectivity index (χ1) is 12.2. The van der Waals surface area contributed by atoms with Crippen molar-refractivity contribution in [2.24, 2.45) is 0 Å². The number of carbonyl (C=O) groups is 1. The molecule has 26 heavy (non-hydrogen) atoms. The number of nitrogens with zero attached hydrogens (tertiary/aromatic N) is 1. The Morgan fingerprint density at radius 3 is 2.54 bits per heavy atom. The Labute approximate surface area is 151 Å². The Balaban J connectivity index is 2.00. The molecule has 0 aliphatic heterocycles. The number of hydrogen-bond donors (Lipinski definition) is 1. The van der Waals surface area contributed by atoms with Crippen LogP contribution in [0.15, 0.2) is 24.3 Å². The van der Waals surface area contributed by atoms with Gasteiger partial charge >= 0.3 is 6.18 Å². The molecule has 140 valence electrons. The molecule has 1 amide bonds. The molecule has 1 fully saturated rings. The highest BCUT2D eigenvalue weighted by Gasteiger charge is 2.31. The Morgan fingerprint density at radius 2 is 1.96 bits per heavy atom. The molecule has 0 bridgehead atoms. The molecule has 3 rings (SSSR count). The molecular weight excluding hydrogens is 341 g/mol. The largest absolute Gasteiger partial charge is 0.416 e. The lowest BCUT2D eigenvalue weighted by Crippen LogP contribution is -2.28. The van der Waals surface area contributed by atoms with E-state index in [1.165, 1.54) is 6.07 Å². The molecule has 1 aliphatic rings. The van der Waals surface area contributed by atoms with Crippen molar-refractivity contribution >= 4 is 5.91 Å². The first-order valence-corrected chi connectivity index (χ1v) is 8.88. The highest BCUT2D eigenvalue weighted by molar-refractivity contribution is 5.95. The molecule has 2 aromatic rings. The van der Waals surface area contributed by atoms with Crippen LogP contribution in [0.4, 0.5) is 13.2 Å². The predicted octanol–water partition coefficient (Wildman–Crippen LogP) is 4.63. The molecule has 0 radical (unpaired) electrons. The molecule has 0 atom stereocenters. The zero-order valence-electron chi connectivity index (χ0n) is 15.2. The van der Waals surface area contributed by atoms with E-state index in [9.17, 15) is 18.0 Å². The minimum absolute atomic E-state index is 0.139. The van der Waals surface area contributed by atoms with Gasteiger partial charge < -0.3 is 9.88 Å². The molecule has 1 saturated carbocycles. The number of nitrogens with one attached hydrogen (secondary N) is 1. The van der Waals surface area contributed by atoms with Gasteiger partial charge in [0.2, 0.25) is 0 Å².